The number of H-pyrrole nitrogens is 1. The number of hydrogen-bond donors (Lipinski definition) is 3. The van der Waals surface area contributed by atoms with Crippen LogP contribution in [-0.2, 0) is 16.6 Å². The third-order valence-corrected chi connectivity index (χ3v) is 5.22. The minimum atomic E-state index is -4.10. The molecule has 2 aromatic carbocycles. The van der Waals surface area contributed by atoms with Gasteiger partial charge in [-0.25, -0.2) is 4.39 Å². The Morgan fingerprint density at radius 1 is 1.15 bits per heavy atom. The van der Waals surface area contributed by atoms with E-state index in [4.69, 9.17) is 11.6 Å². The smallest absolute Gasteiger partial charge is 0.279 e. The van der Waals surface area contributed by atoms with Gasteiger partial charge in [-0.3, -0.25) is 14.6 Å². The molecule has 1 amide bonds. The molecule has 1 heterocycles. The Morgan fingerprint density at radius 2 is 1.85 bits per heavy atom. The summed E-state index contributed by atoms with van der Waals surface area (Å²) >= 11 is 5.77. The highest BCUT2D eigenvalue weighted by atomic mass is 35.5. The molecule has 0 aliphatic heterocycles. The molecule has 0 fully saturated rings. The molecule has 3 N–H and O–H groups in total. The molecular formula is C17H14ClFN4O3S. The van der Waals surface area contributed by atoms with Crippen molar-refractivity contribution in [2.45, 2.75) is 11.6 Å². The summed E-state index contributed by atoms with van der Waals surface area (Å²) in [5.74, 6) is -1.18. The first-order chi connectivity index (χ1) is 12.9. The maximum absolute atomic E-state index is 13.6. The lowest BCUT2D eigenvalue weighted by molar-refractivity contribution is 0.0947. The molecule has 0 aliphatic rings. The highest BCUT2D eigenvalue weighted by Gasteiger charge is 2.25. The van der Waals surface area contributed by atoms with E-state index in [0.29, 0.717) is 5.02 Å². The number of sulfonamides is 1. The molecule has 1 aromatic heterocycles. The van der Waals surface area contributed by atoms with Gasteiger partial charge in [-0.2, -0.15) is 13.5 Å². The molecule has 3 rings (SSSR count). The lowest BCUT2D eigenvalue weighted by Crippen LogP contribution is -2.26. The summed E-state index contributed by atoms with van der Waals surface area (Å²) in [4.78, 5) is 12.4. The minimum Gasteiger partial charge on any atom is -0.348 e. The lowest BCUT2D eigenvalue weighted by atomic mass is 10.2. The predicted octanol–water partition coefficient (Wildman–Crippen LogP) is 2.93. The van der Waals surface area contributed by atoms with Crippen molar-refractivity contribution in [2.75, 3.05) is 4.72 Å². The number of aromatic amines is 1. The number of benzene rings is 2. The number of anilines is 1. The molecule has 0 radical (unpaired) electrons. The van der Waals surface area contributed by atoms with E-state index >= 15 is 0 Å². The van der Waals surface area contributed by atoms with Gasteiger partial charge in [0.05, 0.1) is 11.8 Å². The van der Waals surface area contributed by atoms with Gasteiger partial charge in [-0.05, 0) is 30.3 Å². The van der Waals surface area contributed by atoms with E-state index in [1.807, 2.05) is 0 Å². The van der Waals surface area contributed by atoms with Crippen LogP contribution in [0.2, 0.25) is 5.02 Å². The Labute approximate surface area is 159 Å². The van der Waals surface area contributed by atoms with E-state index in [-0.39, 0.29) is 23.4 Å². The van der Waals surface area contributed by atoms with Crippen LogP contribution in [0.5, 0.6) is 0 Å². The number of carbonyl (C=O) groups is 1. The fourth-order valence-electron chi connectivity index (χ4n) is 2.28. The van der Waals surface area contributed by atoms with Crippen LogP contribution in [0.25, 0.3) is 0 Å². The summed E-state index contributed by atoms with van der Waals surface area (Å²) < 4.78 is 41.1. The van der Waals surface area contributed by atoms with Crippen LogP contribution in [0.1, 0.15) is 15.9 Å². The quantitative estimate of drug-likeness (QED) is 0.583. The van der Waals surface area contributed by atoms with Gasteiger partial charge >= 0.3 is 0 Å². The van der Waals surface area contributed by atoms with Crippen molar-refractivity contribution in [3.05, 3.63) is 76.7 Å². The summed E-state index contributed by atoms with van der Waals surface area (Å²) in [5, 5.41) is 8.47. The largest absolute Gasteiger partial charge is 0.348 e. The Kier molecular flexibility index (Phi) is 5.43. The van der Waals surface area contributed by atoms with Gasteiger partial charge in [-0.1, -0.05) is 29.8 Å². The van der Waals surface area contributed by atoms with E-state index in [1.165, 1.54) is 42.5 Å². The van der Waals surface area contributed by atoms with Gasteiger partial charge in [0.2, 0.25) is 0 Å². The monoisotopic (exact) mass is 408 g/mol. The second-order valence-electron chi connectivity index (χ2n) is 5.50. The van der Waals surface area contributed by atoms with Crippen LogP contribution >= 0.6 is 11.6 Å². The first-order valence-electron chi connectivity index (χ1n) is 7.70. The zero-order valence-electron chi connectivity index (χ0n) is 13.7. The second kappa shape index (κ2) is 7.77. The third-order valence-electron chi connectivity index (χ3n) is 3.61. The third kappa shape index (κ3) is 4.44. The standard InChI is InChI=1S/C17H14ClFN4O3S/c18-12-5-7-13(8-6-12)23-27(25,26)17-14(10-21-22-17)16(24)20-9-11-3-1-2-4-15(11)19/h1-8,10,23H,9H2,(H,20,24)(H,21,22). The summed E-state index contributed by atoms with van der Waals surface area (Å²) in [6.07, 6.45) is 1.09. The molecule has 0 bridgehead atoms. The first kappa shape index (κ1) is 18.9. The van der Waals surface area contributed by atoms with Crippen LogP contribution < -0.4 is 10.0 Å². The van der Waals surface area contributed by atoms with E-state index in [9.17, 15) is 17.6 Å². The molecule has 3 aromatic rings. The molecule has 0 unspecified atom stereocenters. The molecular weight excluding hydrogens is 395 g/mol. The summed E-state index contributed by atoms with van der Waals surface area (Å²) in [7, 11) is -4.10. The SMILES string of the molecule is O=C(NCc1ccccc1F)c1cn[nH]c1S(=O)(=O)Nc1ccc(Cl)cc1. The van der Waals surface area contributed by atoms with Crippen molar-refractivity contribution < 1.29 is 17.6 Å². The normalized spacial score (nSPS) is 11.2. The molecule has 0 saturated carbocycles. The molecule has 10 heteroatoms. The first-order valence-corrected chi connectivity index (χ1v) is 9.56. The average Bonchev–Trinajstić information content (AvgIpc) is 3.13. The van der Waals surface area contributed by atoms with Crippen molar-refractivity contribution in [1.29, 1.82) is 0 Å². The average molecular weight is 409 g/mol. The number of hydrogen-bond acceptors (Lipinski definition) is 4. The maximum atomic E-state index is 13.6. The fraction of sp³-hybridized carbons (Fsp3) is 0.0588. The molecule has 7 nitrogen and oxygen atoms in total. The highest BCUT2D eigenvalue weighted by molar-refractivity contribution is 7.92. The number of halogens is 2. The van der Waals surface area contributed by atoms with Crippen LogP contribution in [0.15, 0.2) is 59.8 Å². The molecule has 0 atom stereocenters. The van der Waals surface area contributed by atoms with Crippen LogP contribution in [0, 0.1) is 5.82 Å². The number of carbonyl (C=O) groups excluding carboxylic acids is 1. The Morgan fingerprint density at radius 3 is 2.56 bits per heavy atom. The Hall–Kier alpha value is -2.91. The number of amides is 1. The molecule has 140 valence electrons. The second-order valence-corrected chi connectivity index (χ2v) is 7.55. The molecule has 27 heavy (non-hydrogen) atoms. The predicted molar refractivity (Wildman–Crippen MR) is 98.4 cm³/mol. The van der Waals surface area contributed by atoms with Crippen LogP contribution in [0.3, 0.4) is 0 Å². The van der Waals surface area contributed by atoms with Gasteiger partial charge < -0.3 is 5.32 Å². The Balaban J connectivity index is 1.77. The zero-order valence-corrected chi connectivity index (χ0v) is 15.3. The number of rotatable bonds is 6. The fourth-order valence-corrected chi connectivity index (χ4v) is 3.56. The lowest BCUT2D eigenvalue weighted by Gasteiger charge is -2.09. The van der Waals surface area contributed by atoms with Crippen molar-refractivity contribution in [1.82, 2.24) is 15.5 Å². The number of nitrogens with one attached hydrogen (secondary N) is 3. The van der Waals surface area contributed by atoms with Crippen molar-refractivity contribution in [3.8, 4) is 0 Å². The van der Waals surface area contributed by atoms with E-state index in [0.717, 1.165) is 6.20 Å². The summed E-state index contributed by atoms with van der Waals surface area (Å²) in [6, 6.07) is 12.0. The van der Waals surface area contributed by atoms with E-state index < -0.39 is 26.8 Å². The minimum absolute atomic E-state index is 0.0964. The van der Waals surface area contributed by atoms with E-state index in [2.05, 4.69) is 20.2 Å². The maximum Gasteiger partial charge on any atom is 0.279 e. The molecule has 0 saturated heterocycles. The van der Waals surface area contributed by atoms with Gasteiger partial charge in [0.15, 0.2) is 5.03 Å². The number of nitrogens with zero attached hydrogens (tertiary/aromatic N) is 1. The van der Waals surface area contributed by atoms with Gasteiger partial charge in [-0.15, -0.1) is 0 Å². The van der Waals surface area contributed by atoms with Crippen LogP contribution in [0.4, 0.5) is 10.1 Å². The highest BCUT2D eigenvalue weighted by Crippen LogP contribution is 2.19. The van der Waals surface area contributed by atoms with Gasteiger partial charge in [0.1, 0.15) is 5.82 Å². The van der Waals surface area contributed by atoms with E-state index in [1.54, 1.807) is 6.07 Å². The van der Waals surface area contributed by atoms with Gasteiger partial charge in [0.25, 0.3) is 15.9 Å². The Bertz CT molecular complexity index is 1070. The number of aromatic nitrogens is 2. The topological polar surface area (TPSA) is 104 Å². The molecule has 0 aliphatic carbocycles. The summed E-state index contributed by atoms with van der Waals surface area (Å²) in [5.41, 5.74) is 0.359. The summed E-state index contributed by atoms with van der Waals surface area (Å²) in [6.45, 7) is -0.0964. The van der Waals surface area contributed by atoms with Gasteiger partial charge in [0, 0.05) is 22.8 Å². The molecule has 0 spiro atoms. The van der Waals surface area contributed by atoms with Crippen molar-refractivity contribution in [2.24, 2.45) is 0 Å². The van der Waals surface area contributed by atoms with Crippen molar-refractivity contribution in [3.63, 3.8) is 0 Å². The van der Waals surface area contributed by atoms with Crippen molar-refractivity contribution >= 4 is 33.2 Å². The van der Waals surface area contributed by atoms with Crippen LogP contribution in [-0.4, -0.2) is 24.5 Å². The zero-order chi connectivity index (χ0) is 19.4.